The van der Waals surface area contributed by atoms with Gasteiger partial charge < -0.3 is 15.4 Å². The molecule has 4 nitrogen and oxygen atoms in total. The second-order valence-electron chi connectivity index (χ2n) is 3.68. The van der Waals surface area contributed by atoms with E-state index in [9.17, 15) is 0 Å². The summed E-state index contributed by atoms with van der Waals surface area (Å²) in [6.45, 7) is 4.85. The third kappa shape index (κ3) is 5.89. The number of guanidine groups is 1. The highest BCUT2D eigenvalue weighted by atomic mass is 35.5. The van der Waals surface area contributed by atoms with E-state index in [1.54, 1.807) is 7.05 Å². The van der Waals surface area contributed by atoms with Gasteiger partial charge >= 0.3 is 0 Å². The highest BCUT2D eigenvalue weighted by Crippen LogP contribution is 2.08. The molecule has 0 amide bonds. The number of benzene rings is 1. The summed E-state index contributed by atoms with van der Waals surface area (Å²) in [7, 11) is 1.75. The lowest BCUT2D eigenvalue weighted by molar-refractivity contribution is 0.152. The Morgan fingerprint density at radius 2 is 2.00 bits per heavy atom. The maximum absolute atomic E-state index is 5.83. The lowest BCUT2D eigenvalue weighted by atomic mass is 10.2. The molecule has 0 saturated carbocycles. The van der Waals surface area contributed by atoms with Gasteiger partial charge in [0.05, 0.1) is 6.61 Å². The number of nitrogens with zero attached hydrogens (tertiary/aromatic N) is 1. The lowest BCUT2D eigenvalue weighted by Crippen LogP contribution is -2.38. The van der Waals surface area contributed by atoms with Crippen molar-refractivity contribution < 1.29 is 4.74 Å². The van der Waals surface area contributed by atoms with E-state index in [0.29, 0.717) is 13.2 Å². The van der Waals surface area contributed by atoms with Crippen molar-refractivity contribution in [1.82, 2.24) is 10.6 Å². The first kappa shape index (κ1) is 14.8. The monoisotopic (exact) mass is 269 g/mol. The first-order valence-electron chi connectivity index (χ1n) is 6.03. The molecule has 2 N–H and O–H groups in total. The topological polar surface area (TPSA) is 45.6 Å². The second-order valence-corrected chi connectivity index (χ2v) is 4.11. The van der Waals surface area contributed by atoms with Crippen LogP contribution in [0.3, 0.4) is 0 Å². The molecule has 0 bridgehead atoms. The van der Waals surface area contributed by atoms with E-state index in [1.165, 1.54) is 0 Å². The average molecular weight is 270 g/mol. The van der Waals surface area contributed by atoms with Crippen LogP contribution in [-0.2, 0) is 11.3 Å². The van der Waals surface area contributed by atoms with Crippen molar-refractivity contribution in [1.29, 1.82) is 0 Å². The van der Waals surface area contributed by atoms with Crippen molar-refractivity contribution >= 4 is 17.6 Å². The van der Waals surface area contributed by atoms with Crippen molar-refractivity contribution in [3.05, 3.63) is 34.9 Å². The fraction of sp³-hybridized carbons (Fsp3) is 0.462. The first-order valence-corrected chi connectivity index (χ1v) is 6.40. The highest BCUT2D eigenvalue weighted by molar-refractivity contribution is 6.30. The number of ether oxygens (including phenoxy) is 1. The Morgan fingerprint density at radius 3 is 2.61 bits per heavy atom. The Morgan fingerprint density at radius 1 is 1.28 bits per heavy atom. The van der Waals surface area contributed by atoms with E-state index in [2.05, 4.69) is 15.6 Å². The van der Waals surface area contributed by atoms with E-state index in [0.717, 1.165) is 29.7 Å². The Kier molecular flexibility index (Phi) is 7.22. The molecule has 0 aliphatic carbocycles. The van der Waals surface area contributed by atoms with Gasteiger partial charge in [0.2, 0.25) is 0 Å². The van der Waals surface area contributed by atoms with Crippen LogP contribution in [0.2, 0.25) is 5.02 Å². The molecule has 18 heavy (non-hydrogen) atoms. The second kappa shape index (κ2) is 8.78. The SMILES string of the molecule is CCOCCNC(=NC)NCc1ccc(Cl)cc1. The molecule has 1 aromatic rings. The van der Waals surface area contributed by atoms with Gasteiger partial charge in [-0.1, -0.05) is 23.7 Å². The van der Waals surface area contributed by atoms with Gasteiger partial charge in [0.1, 0.15) is 0 Å². The van der Waals surface area contributed by atoms with Gasteiger partial charge in [-0.05, 0) is 24.6 Å². The third-order valence-electron chi connectivity index (χ3n) is 2.34. The molecule has 0 aliphatic heterocycles. The van der Waals surface area contributed by atoms with Crippen molar-refractivity contribution in [3.63, 3.8) is 0 Å². The fourth-order valence-electron chi connectivity index (χ4n) is 1.39. The summed E-state index contributed by atoms with van der Waals surface area (Å²) in [5, 5.41) is 7.14. The zero-order valence-electron chi connectivity index (χ0n) is 10.9. The van der Waals surface area contributed by atoms with E-state index < -0.39 is 0 Å². The van der Waals surface area contributed by atoms with Crippen molar-refractivity contribution in [2.45, 2.75) is 13.5 Å². The molecule has 100 valence electrons. The largest absolute Gasteiger partial charge is 0.380 e. The maximum Gasteiger partial charge on any atom is 0.191 e. The Hall–Kier alpha value is -1.26. The van der Waals surface area contributed by atoms with Crippen LogP contribution in [0.1, 0.15) is 12.5 Å². The summed E-state index contributed by atoms with van der Waals surface area (Å²) < 4.78 is 5.24. The number of rotatable bonds is 6. The van der Waals surface area contributed by atoms with Crippen LogP contribution in [0, 0.1) is 0 Å². The van der Waals surface area contributed by atoms with Crippen LogP contribution >= 0.6 is 11.6 Å². The molecule has 0 radical (unpaired) electrons. The molecule has 0 aromatic heterocycles. The molecule has 0 spiro atoms. The van der Waals surface area contributed by atoms with Crippen LogP contribution in [0.5, 0.6) is 0 Å². The smallest absolute Gasteiger partial charge is 0.191 e. The summed E-state index contributed by atoms with van der Waals surface area (Å²) in [6, 6.07) is 7.74. The van der Waals surface area contributed by atoms with E-state index in [-0.39, 0.29) is 0 Å². The molecule has 0 heterocycles. The van der Waals surface area contributed by atoms with Crippen LogP contribution in [0.25, 0.3) is 0 Å². The van der Waals surface area contributed by atoms with Gasteiger partial charge in [-0.15, -0.1) is 0 Å². The Bertz CT molecular complexity index is 365. The average Bonchev–Trinajstić information content (AvgIpc) is 2.40. The van der Waals surface area contributed by atoms with E-state index >= 15 is 0 Å². The van der Waals surface area contributed by atoms with Gasteiger partial charge in [-0.25, -0.2) is 0 Å². The highest BCUT2D eigenvalue weighted by Gasteiger charge is 1.97. The van der Waals surface area contributed by atoms with Gasteiger partial charge in [-0.3, -0.25) is 4.99 Å². The van der Waals surface area contributed by atoms with E-state index in [1.807, 2.05) is 31.2 Å². The Balaban J connectivity index is 2.29. The van der Waals surface area contributed by atoms with Crippen molar-refractivity contribution in [2.75, 3.05) is 26.8 Å². The lowest BCUT2D eigenvalue weighted by Gasteiger charge is -2.11. The molecule has 0 unspecified atom stereocenters. The molecule has 0 atom stereocenters. The predicted molar refractivity (Wildman–Crippen MR) is 76.1 cm³/mol. The number of hydrogen-bond acceptors (Lipinski definition) is 2. The van der Waals surface area contributed by atoms with Crippen LogP contribution < -0.4 is 10.6 Å². The number of aliphatic imine (C=N–C) groups is 1. The zero-order chi connectivity index (χ0) is 13.2. The molecule has 1 rings (SSSR count). The molecule has 0 aliphatic rings. The fourth-order valence-corrected chi connectivity index (χ4v) is 1.52. The molecule has 5 heteroatoms. The number of nitrogens with one attached hydrogen (secondary N) is 2. The van der Waals surface area contributed by atoms with Gasteiger partial charge in [0.15, 0.2) is 5.96 Å². The zero-order valence-corrected chi connectivity index (χ0v) is 11.6. The minimum absolute atomic E-state index is 0.679. The van der Waals surface area contributed by atoms with Crippen LogP contribution in [0.15, 0.2) is 29.3 Å². The molecular formula is C13H20ClN3O. The van der Waals surface area contributed by atoms with Crippen LogP contribution in [-0.4, -0.2) is 32.8 Å². The van der Waals surface area contributed by atoms with Gasteiger partial charge in [0.25, 0.3) is 0 Å². The minimum Gasteiger partial charge on any atom is -0.380 e. The quantitative estimate of drug-likeness (QED) is 0.472. The minimum atomic E-state index is 0.679. The standard InChI is InChI=1S/C13H20ClN3O/c1-3-18-9-8-16-13(15-2)17-10-11-4-6-12(14)7-5-11/h4-7H,3,8-10H2,1-2H3,(H2,15,16,17). The summed E-state index contributed by atoms with van der Waals surface area (Å²) in [5.74, 6) is 0.768. The summed E-state index contributed by atoms with van der Waals surface area (Å²) in [6.07, 6.45) is 0. The Labute approximate surface area is 113 Å². The summed E-state index contributed by atoms with van der Waals surface area (Å²) >= 11 is 5.83. The molecule has 0 fully saturated rings. The number of hydrogen-bond donors (Lipinski definition) is 2. The molecule has 1 aromatic carbocycles. The van der Waals surface area contributed by atoms with Crippen molar-refractivity contribution in [3.8, 4) is 0 Å². The molecular weight excluding hydrogens is 250 g/mol. The van der Waals surface area contributed by atoms with Crippen LogP contribution in [0.4, 0.5) is 0 Å². The normalized spacial score (nSPS) is 11.4. The van der Waals surface area contributed by atoms with Gasteiger partial charge in [0, 0.05) is 31.8 Å². The third-order valence-corrected chi connectivity index (χ3v) is 2.59. The predicted octanol–water partition coefficient (Wildman–Crippen LogP) is 2.04. The number of halogens is 1. The van der Waals surface area contributed by atoms with E-state index in [4.69, 9.17) is 16.3 Å². The maximum atomic E-state index is 5.83. The molecule has 0 saturated heterocycles. The van der Waals surface area contributed by atoms with Crippen molar-refractivity contribution in [2.24, 2.45) is 4.99 Å². The summed E-state index contributed by atoms with van der Waals surface area (Å²) in [5.41, 5.74) is 1.16. The summed E-state index contributed by atoms with van der Waals surface area (Å²) in [4.78, 5) is 4.13. The first-order chi connectivity index (χ1) is 8.76. The van der Waals surface area contributed by atoms with Gasteiger partial charge in [-0.2, -0.15) is 0 Å².